The fraction of sp³-hybridized carbons (Fsp3) is 0.429. The molecule has 1 N–H and O–H groups in total. The van der Waals surface area contributed by atoms with Crippen LogP contribution in [0.25, 0.3) is 0 Å². The summed E-state index contributed by atoms with van der Waals surface area (Å²) in [5.74, 6) is -1.73. The van der Waals surface area contributed by atoms with Crippen molar-refractivity contribution in [3.05, 3.63) is 29.8 Å². The van der Waals surface area contributed by atoms with Crippen molar-refractivity contribution in [2.24, 2.45) is 0 Å². The normalized spacial score (nSPS) is 15.0. The minimum atomic E-state index is -0.732. The summed E-state index contributed by atoms with van der Waals surface area (Å²) in [6.07, 6.45) is 0. The number of para-hydroxylation sites is 1. The van der Waals surface area contributed by atoms with E-state index in [0.29, 0.717) is 26.2 Å². The van der Waals surface area contributed by atoms with Crippen LogP contribution < -0.4 is 5.32 Å². The highest BCUT2D eigenvalue weighted by Crippen LogP contribution is 2.17. The summed E-state index contributed by atoms with van der Waals surface area (Å²) in [6, 6.07) is 3.52. The molecule has 114 valence electrons. The molecular formula is C14H17F2N3O2. The minimum absolute atomic E-state index is 0.0198. The van der Waals surface area contributed by atoms with Gasteiger partial charge in [0.1, 0.15) is 17.3 Å². The van der Waals surface area contributed by atoms with E-state index in [0.717, 1.165) is 12.1 Å². The van der Waals surface area contributed by atoms with Gasteiger partial charge < -0.3 is 15.1 Å². The molecular weight excluding hydrogens is 280 g/mol. The van der Waals surface area contributed by atoms with E-state index in [1.165, 1.54) is 13.0 Å². The number of amides is 2. The van der Waals surface area contributed by atoms with Crippen molar-refractivity contribution in [1.29, 1.82) is 0 Å². The predicted octanol–water partition coefficient (Wildman–Crippen LogP) is 1.07. The zero-order chi connectivity index (χ0) is 15.4. The Morgan fingerprint density at radius 2 is 1.62 bits per heavy atom. The smallest absolute Gasteiger partial charge is 0.241 e. The Labute approximate surface area is 121 Å². The van der Waals surface area contributed by atoms with Gasteiger partial charge in [0.25, 0.3) is 0 Å². The van der Waals surface area contributed by atoms with Crippen molar-refractivity contribution in [3.63, 3.8) is 0 Å². The first-order valence-corrected chi connectivity index (χ1v) is 6.70. The maximum Gasteiger partial charge on any atom is 0.241 e. The molecule has 1 fully saturated rings. The van der Waals surface area contributed by atoms with Crippen LogP contribution in [-0.4, -0.2) is 54.3 Å². The van der Waals surface area contributed by atoms with Gasteiger partial charge in [0, 0.05) is 33.1 Å². The SMILES string of the molecule is CC(=O)N1CCN(C(=O)CNc2c(F)cccc2F)CC1. The fourth-order valence-corrected chi connectivity index (χ4v) is 2.21. The lowest BCUT2D eigenvalue weighted by Crippen LogP contribution is -2.51. The summed E-state index contributed by atoms with van der Waals surface area (Å²) >= 11 is 0. The van der Waals surface area contributed by atoms with E-state index in [4.69, 9.17) is 0 Å². The number of anilines is 1. The Balaban J connectivity index is 1.87. The van der Waals surface area contributed by atoms with Crippen molar-refractivity contribution in [3.8, 4) is 0 Å². The molecule has 21 heavy (non-hydrogen) atoms. The van der Waals surface area contributed by atoms with E-state index in [1.807, 2.05) is 0 Å². The summed E-state index contributed by atoms with van der Waals surface area (Å²) in [4.78, 5) is 26.4. The molecule has 5 nitrogen and oxygen atoms in total. The molecule has 1 saturated heterocycles. The number of piperazine rings is 1. The number of benzene rings is 1. The Bertz CT molecular complexity index is 523. The van der Waals surface area contributed by atoms with Crippen molar-refractivity contribution < 1.29 is 18.4 Å². The molecule has 0 unspecified atom stereocenters. The lowest BCUT2D eigenvalue weighted by Gasteiger charge is -2.34. The number of nitrogens with zero attached hydrogens (tertiary/aromatic N) is 2. The van der Waals surface area contributed by atoms with Crippen LogP contribution in [0.5, 0.6) is 0 Å². The predicted molar refractivity (Wildman–Crippen MR) is 73.7 cm³/mol. The molecule has 1 aromatic carbocycles. The topological polar surface area (TPSA) is 52.7 Å². The molecule has 7 heteroatoms. The molecule has 0 aliphatic carbocycles. The lowest BCUT2D eigenvalue weighted by molar-refractivity contribution is -0.137. The van der Waals surface area contributed by atoms with Crippen LogP contribution in [0, 0.1) is 11.6 Å². The molecule has 2 rings (SSSR count). The van der Waals surface area contributed by atoms with Gasteiger partial charge in [-0.15, -0.1) is 0 Å². The second-order valence-corrected chi connectivity index (χ2v) is 4.84. The van der Waals surface area contributed by atoms with Gasteiger partial charge in [-0.2, -0.15) is 0 Å². The Morgan fingerprint density at radius 3 is 2.14 bits per heavy atom. The molecule has 1 aliphatic rings. The Hall–Kier alpha value is -2.18. The van der Waals surface area contributed by atoms with Crippen LogP contribution in [0.2, 0.25) is 0 Å². The van der Waals surface area contributed by atoms with Gasteiger partial charge >= 0.3 is 0 Å². The monoisotopic (exact) mass is 297 g/mol. The van der Waals surface area contributed by atoms with Gasteiger partial charge in [0.15, 0.2) is 0 Å². The van der Waals surface area contributed by atoms with Gasteiger partial charge in [-0.1, -0.05) is 6.07 Å². The fourth-order valence-electron chi connectivity index (χ4n) is 2.21. The van der Waals surface area contributed by atoms with Gasteiger partial charge in [-0.05, 0) is 12.1 Å². The van der Waals surface area contributed by atoms with Crippen LogP contribution in [-0.2, 0) is 9.59 Å². The van der Waals surface area contributed by atoms with Crippen LogP contribution in [0.15, 0.2) is 18.2 Å². The highest BCUT2D eigenvalue weighted by molar-refractivity contribution is 5.81. The maximum atomic E-state index is 13.4. The van der Waals surface area contributed by atoms with Crippen LogP contribution in [0.4, 0.5) is 14.5 Å². The number of hydrogen-bond donors (Lipinski definition) is 1. The highest BCUT2D eigenvalue weighted by atomic mass is 19.1. The third-order valence-electron chi connectivity index (χ3n) is 3.46. The molecule has 0 aromatic heterocycles. The third-order valence-corrected chi connectivity index (χ3v) is 3.46. The van der Waals surface area contributed by atoms with Gasteiger partial charge in [-0.25, -0.2) is 8.78 Å². The molecule has 1 heterocycles. The summed E-state index contributed by atoms with van der Waals surface area (Å²) in [5.41, 5.74) is -0.298. The van der Waals surface area contributed by atoms with Crippen LogP contribution in [0.3, 0.4) is 0 Å². The van der Waals surface area contributed by atoms with E-state index >= 15 is 0 Å². The summed E-state index contributed by atoms with van der Waals surface area (Å²) in [6.45, 7) is 3.13. The van der Waals surface area contributed by atoms with Crippen molar-refractivity contribution in [2.45, 2.75) is 6.92 Å². The van der Waals surface area contributed by atoms with E-state index in [9.17, 15) is 18.4 Å². The van der Waals surface area contributed by atoms with Gasteiger partial charge in [0.05, 0.1) is 6.54 Å². The van der Waals surface area contributed by atoms with Crippen molar-refractivity contribution >= 4 is 17.5 Å². The third kappa shape index (κ3) is 3.68. The average Bonchev–Trinajstić information content (AvgIpc) is 2.46. The number of nitrogens with one attached hydrogen (secondary N) is 1. The van der Waals surface area contributed by atoms with E-state index in [2.05, 4.69) is 5.32 Å². The maximum absolute atomic E-state index is 13.4. The van der Waals surface area contributed by atoms with E-state index in [-0.39, 0.29) is 24.0 Å². The number of halogens is 2. The second-order valence-electron chi connectivity index (χ2n) is 4.84. The quantitative estimate of drug-likeness (QED) is 0.908. The van der Waals surface area contributed by atoms with Crippen LogP contribution in [0.1, 0.15) is 6.92 Å². The molecule has 0 radical (unpaired) electrons. The van der Waals surface area contributed by atoms with Crippen molar-refractivity contribution in [1.82, 2.24) is 9.80 Å². The molecule has 2 amide bonds. The van der Waals surface area contributed by atoms with Crippen LogP contribution >= 0.6 is 0 Å². The first-order chi connectivity index (χ1) is 9.99. The number of carbonyl (C=O) groups is 2. The first-order valence-electron chi connectivity index (χ1n) is 6.70. The van der Waals surface area contributed by atoms with Gasteiger partial charge in [-0.3, -0.25) is 9.59 Å². The Kier molecular flexibility index (Phi) is 4.72. The standard InChI is InChI=1S/C14H17F2N3O2/c1-10(20)18-5-7-19(8-6-18)13(21)9-17-14-11(15)3-2-4-12(14)16/h2-4,17H,5-9H2,1H3. The zero-order valence-electron chi connectivity index (χ0n) is 11.7. The minimum Gasteiger partial charge on any atom is -0.371 e. The zero-order valence-corrected chi connectivity index (χ0v) is 11.7. The van der Waals surface area contributed by atoms with E-state index in [1.54, 1.807) is 9.80 Å². The summed E-state index contributed by atoms with van der Waals surface area (Å²) in [5, 5.41) is 2.49. The lowest BCUT2D eigenvalue weighted by atomic mass is 10.2. The highest BCUT2D eigenvalue weighted by Gasteiger charge is 2.22. The summed E-state index contributed by atoms with van der Waals surface area (Å²) in [7, 11) is 0. The average molecular weight is 297 g/mol. The number of hydrogen-bond acceptors (Lipinski definition) is 3. The number of carbonyl (C=O) groups excluding carboxylic acids is 2. The first kappa shape index (κ1) is 15.2. The largest absolute Gasteiger partial charge is 0.371 e. The Morgan fingerprint density at radius 1 is 1.10 bits per heavy atom. The molecule has 1 aliphatic heterocycles. The molecule has 0 bridgehead atoms. The molecule has 0 atom stereocenters. The summed E-state index contributed by atoms with van der Waals surface area (Å²) < 4.78 is 26.8. The van der Waals surface area contributed by atoms with Crippen molar-refractivity contribution in [2.75, 3.05) is 38.0 Å². The number of rotatable bonds is 3. The molecule has 0 saturated carbocycles. The molecule has 0 spiro atoms. The van der Waals surface area contributed by atoms with E-state index < -0.39 is 11.6 Å². The second kappa shape index (κ2) is 6.51. The van der Waals surface area contributed by atoms with Gasteiger partial charge in [0.2, 0.25) is 11.8 Å². The molecule has 1 aromatic rings.